The number of amides is 2. The summed E-state index contributed by atoms with van der Waals surface area (Å²) in [5.41, 5.74) is 1.62. The van der Waals surface area contributed by atoms with E-state index in [2.05, 4.69) is 15.9 Å². The smallest absolute Gasteiger partial charge is 0.308 e. The molecule has 1 saturated heterocycles. The van der Waals surface area contributed by atoms with E-state index in [-0.39, 0.29) is 17.7 Å². The second-order valence-electron chi connectivity index (χ2n) is 5.56. The highest BCUT2D eigenvalue weighted by Gasteiger charge is 2.34. The van der Waals surface area contributed by atoms with Crippen LogP contribution in [0.2, 0.25) is 0 Å². The van der Waals surface area contributed by atoms with Gasteiger partial charge in [-0.15, -0.1) is 0 Å². The molecule has 2 aromatic carbocycles. The van der Waals surface area contributed by atoms with Crippen LogP contribution in [-0.2, 0) is 16.1 Å². The van der Waals surface area contributed by atoms with Crippen molar-refractivity contribution < 1.29 is 19.1 Å². The van der Waals surface area contributed by atoms with Crippen molar-refractivity contribution in [2.75, 3.05) is 0 Å². The summed E-state index contributed by atoms with van der Waals surface area (Å²) in [6.07, 6.45) is 1.66. The highest BCUT2D eigenvalue weighted by molar-refractivity contribution is 9.10. The fraction of sp³-hybridized carbons (Fsp3) is 0.105. The number of carbonyl (C=O) groups is 3. The Balaban J connectivity index is 1.74. The molecule has 2 amide bonds. The number of hydrogen-bond acceptors (Lipinski definition) is 5. The standard InChI is InChI=1S/C19H14BrNO4S/c1-12(22)25-16-8-4-13(5-9-16)10-17-18(23)21(19(24)26-17)11-14-2-6-15(20)7-3-14/h2-10H,11H2,1H3/b17-10-. The van der Waals surface area contributed by atoms with Crippen molar-refractivity contribution in [3.05, 3.63) is 69.0 Å². The predicted octanol–water partition coefficient (Wildman–Crippen LogP) is 4.61. The molecule has 0 saturated carbocycles. The lowest BCUT2D eigenvalue weighted by Crippen LogP contribution is -2.27. The van der Waals surface area contributed by atoms with Gasteiger partial charge in [0.05, 0.1) is 11.4 Å². The Morgan fingerprint density at radius 1 is 1.12 bits per heavy atom. The van der Waals surface area contributed by atoms with Crippen LogP contribution in [0.15, 0.2) is 57.9 Å². The van der Waals surface area contributed by atoms with Gasteiger partial charge in [0.1, 0.15) is 5.75 Å². The quantitative estimate of drug-likeness (QED) is 0.401. The monoisotopic (exact) mass is 431 g/mol. The van der Waals surface area contributed by atoms with E-state index in [0.717, 1.165) is 27.4 Å². The Morgan fingerprint density at radius 3 is 2.38 bits per heavy atom. The van der Waals surface area contributed by atoms with Gasteiger partial charge in [0.15, 0.2) is 0 Å². The van der Waals surface area contributed by atoms with Crippen molar-refractivity contribution in [3.63, 3.8) is 0 Å². The van der Waals surface area contributed by atoms with Crippen LogP contribution < -0.4 is 4.74 Å². The van der Waals surface area contributed by atoms with Crippen molar-refractivity contribution in [2.45, 2.75) is 13.5 Å². The summed E-state index contributed by atoms with van der Waals surface area (Å²) in [5, 5.41) is -0.291. The Kier molecular flexibility index (Phi) is 5.58. The first-order valence-electron chi connectivity index (χ1n) is 7.70. The van der Waals surface area contributed by atoms with E-state index in [1.807, 2.05) is 24.3 Å². The Bertz CT molecular complexity index is 891. The molecule has 0 bridgehead atoms. The fourth-order valence-corrected chi connectivity index (χ4v) is 3.46. The highest BCUT2D eigenvalue weighted by atomic mass is 79.9. The molecule has 0 unspecified atom stereocenters. The minimum atomic E-state index is -0.396. The molecule has 0 atom stereocenters. The van der Waals surface area contributed by atoms with Crippen molar-refractivity contribution in [1.29, 1.82) is 0 Å². The van der Waals surface area contributed by atoms with Gasteiger partial charge in [-0.1, -0.05) is 40.2 Å². The highest BCUT2D eigenvalue weighted by Crippen LogP contribution is 2.33. The summed E-state index contributed by atoms with van der Waals surface area (Å²) >= 11 is 4.28. The number of ether oxygens (including phenoxy) is 1. The zero-order valence-corrected chi connectivity index (χ0v) is 16.2. The lowest BCUT2D eigenvalue weighted by molar-refractivity contribution is -0.131. The normalized spacial score (nSPS) is 15.6. The predicted molar refractivity (Wildman–Crippen MR) is 103 cm³/mol. The van der Waals surface area contributed by atoms with E-state index >= 15 is 0 Å². The maximum atomic E-state index is 12.5. The van der Waals surface area contributed by atoms with Crippen molar-refractivity contribution in [3.8, 4) is 5.75 Å². The maximum absolute atomic E-state index is 12.5. The zero-order valence-electron chi connectivity index (χ0n) is 13.8. The van der Waals surface area contributed by atoms with Gasteiger partial charge < -0.3 is 4.74 Å². The van der Waals surface area contributed by atoms with E-state index in [9.17, 15) is 14.4 Å². The minimum absolute atomic E-state index is 0.237. The zero-order chi connectivity index (χ0) is 18.7. The van der Waals surface area contributed by atoms with Crippen molar-refractivity contribution >= 4 is 50.9 Å². The average Bonchev–Trinajstić information content (AvgIpc) is 2.85. The Morgan fingerprint density at radius 2 is 1.77 bits per heavy atom. The Hall–Kier alpha value is -2.38. The molecule has 0 spiro atoms. The summed E-state index contributed by atoms with van der Waals surface area (Å²) in [4.78, 5) is 37.3. The molecule has 1 heterocycles. The van der Waals surface area contributed by atoms with E-state index in [1.165, 1.54) is 11.8 Å². The second kappa shape index (κ2) is 7.88. The molecule has 26 heavy (non-hydrogen) atoms. The molecule has 2 aromatic rings. The van der Waals surface area contributed by atoms with Gasteiger partial charge in [-0.25, -0.2) is 0 Å². The summed E-state index contributed by atoms with van der Waals surface area (Å²) in [7, 11) is 0. The third-order valence-corrected chi connectivity index (χ3v) is 5.00. The molecule has 1 aliphatic heterocycles. The van der Waals surface area contributed by atoms with Crippen LogP contribution in [0.5, 0.6) is 5.75 Å². The molecule has 132 valence electrons. The average molecular weight is 432 g/mol. The lowest BCUT2D eigenvalue weighted by Gasteiger charge is -2.12. The van der Waals surface area contributed by atoms with Crippen LogP contribution in [-0.4, -0.2) is 22.0 Å². The molecular formula is C19H14BrNO4S. The molecule has 1 fully saturated rings. The van der Waals surface area contributed by atoms with Gasteiger partial charge in [0, 0.05) is 11.4 Å². The second-order valence-corrected chi connectivity index (χ2v) is 7.47. The molecule has 0 radical (unpaired) electrons. The van der Waals surface area contributed by atoms with Gasteiger partial charge in [-0.05, 0) is 53.2 Å². The number of halogens is 1. The minimum Gasteiger partial charge on any atom is -0.427 e. The molecule has 0 aromatic heterocycles. The summed E-state index contributed by atoms with van der Waals surface area (Å²) in [6.45, 7) is 1.57. The van der Waals surface area contributed by atoms with Crippen LogP contribution in [0.1, 0.15) is 18.1 Å². The molecule has 5 nitrogen and oxygen atoms in total. The van der Waals surface area contributed by atoms with Gasteiger partial charge in [-0.2, -0.15) is 0 Å². The van der Waals surface area contributed by atoms with Gasteiger partial charge in [-0.3, -0.25) is 19.3 Å². The number of rotatable bonds is 4. The van der Waals surface area contributed by atoms with E-state index < -0.39 is 5.97 Å². The molecule has 1 aliphatic rings. The fourth-order valence-electron chi connectivity index (χ4n) is 2.36. The molecular weight excluding hydrogens is 418 g/mol. The molecule has 7 heteroatoms. The molecule has 0 N–H and O–H groups in total. The van der Waals surface area contributed by atoms with Gasteiger partial charge in [0.2, 0.25) is 0 Å². The van der Waals surface area contributed by atoms with E-state index in [1.54, 1.807) is 30.3 Å². The SMILES string of the molecule is CC(=O)Oc1ccc(/C=C2\SC(=O)N(Cc3ccc(Br)cc3)C2=O)cc1. The summed E-state index contributed by atoms with van der Waals surface area (Å²) < 4.78 is 5.91. The van der Waals surface area contributed by atoms with Crippen LogP contribution in [0.25, 0.3) is 6.08 Å². The number of hydrogen-bond donors (Lipinski definition) is 0. The number of benzene rings is 2. The van der Waals surface area contributed by atoms with Crippen LogP contribution in [0, 0.1) is 0 Å². The topological polar surface area (TPSA) is 63.7 Å². The third-order valence-electron chi connectivity index (χ3n) is 3.57. The number of carbonyl (C=O) groups excluding carboxylic acids is 3. The first-order chi connectivity index (χ1) is 12.4. The van der Waals surface area contributed by atoms with Crippen LogP contribution >= 0.6 is 27.7 Å². The number of nitrogens with zero attached hydrogens (tertiary/aromatic N) is 1. The van der Waals surface area contributed by atoms with Crippen molar-refractivity contribution in [2.24, 2.45) is 0 Å². The third kappa shape index (κ3) is 4.42. The van der Waals surface area contributed by atoms with E-state index in [0.29, 0.717) is 10.7 Å². The first kappa shape index (κ1) is 18.4. The largest absolute Gasteiger partial charge is 0.427 e. The van der Waals surface area contributed by atoms with Crippen molar-refractivity contribution in [1.82, 2.24) is 4.90 Å². The summed E-state index contributed by atoms with van der Waals surface area (Å²) in [6, 6.07) is 14.2. The van der Waals surface area contributed by atoms with Gasteiger partial charge >= 0.3 is 5.97 Å². The number of thioether (sulfide) groups is 1. The number of imide groups is 1. The van der Waals surface area contributed by atoms with Crippen LogP contribution in [0.4, 0.5) is 4.79 Å². The number of esters is 1. The van der Waals surface area contributed by atoms with E-state index in [4.69, 9.17) is 4.74 Å². The molecule has 3 rings (SSSR count). The Labute approximate surface area is 163 Å². The maximum Gasteiger partial charge on any atom is 0.308 e. The summed E-state index contributed by atoms with van der Waals surface area (Å²) in [5.74, 6) is -0.281. The van der Waals surface area contributed by atoms with Crippen LogP contribution in [0.3, 0.4) is 0 Å². The van der Waals surface area contributed by atoms with Gasteiger partial charge in [0.25, 0.3) is 11.1 Å². The first-order valence-corrected chi connectivity index (χ1v) is 9.31. The lowest BCUT2D eigenvalue weighted by atomic mass is 10.2. The molecule has 0 aliphatic carbocycles.